The third-order valence-electron chi connectivity index (χ3n) is 7.14. The van der Waals surface area contributed by atoms with E-state index in [-0.39, 0.29) is 23.2 Å². The zero-order chi connectivity index (χ0) is 37.2. The van der Waals surface area contributed by atoms with Gasteiger partial charge in [-0.05, 0) is 53.4 Å². The number of rotatable bonds is 15. The van der Waals surface area contributed by atoms with E-state index in [0.717, 1.165) is 17.4 Å². The Bertz CT molecular complexity index is 1670. The highest BCUT2D eigenvalue weighted by atomic mass is 19.4. The zero-order valence-corrected chi connectivity index (χ0v) is 26.8. The maximum atomic E-state index is 14.8. The molecule has 4 N–H and O–H groups in total. The van der Waals surface area contributed by atoms with Crippen LogP contribution in [-0.2, 0) is 25.6 Å². The van der Waals surface area contributed by atoms with E-state index >= 15 is 0 Å². The molecule has 0 fully saturated rings. The van der Waals surface area contributed by atoms with E-state index < -0.39 is 77.9 Å². The van der Waals surface area contributed by atoms with Crippen LogP contribution in [0.1, 0.15) is 41.5 Å². The molecule has 0 bridgehead atoms. The van der Waals surface area contributed by atoms with Crippen molar-refractivity contribution in [2.45, 2.75) is 50.5 Å². The Morgan fingerprint density at radius 1 is 0.840 bits per heavy atom. The van der Waals surface area contributed by atoms with Crippen LogP contribution in [0.3, 0.4) is 0 Å². The molecule has 1 heterocycles. The van der Waals surface area contributed by atoms with E-state index in [1.54, 1.807) is 6.07 Å². The van der Waals surface area contributed by atoms with Gasteiger partial charge in [0.15, 0.2) is 0 Å². The molecule has 0 aliphatic carbocycles. The second-order valence-corrected chi connectivity index (χ2v) is 11.3. The molecule has 3 aromatic rings. The molecule has 4 amide bonds. The van der Waals surface area contributed by atoms with E-state index in [1.165, 1.54) is 75.7 Å². The zero-order valence-electron chi connectivity index (χ0n) is 26.8. The Labute approximate surface area is 282 Å². The summed E-state index contributed by atoms with van der Waals surface area (Å²) in [6.07, 6.45) is -4.00. The second-order valence-electron chi connectivity index (χ2n) is 11.3. The van der Waals surface area contributed by atoms with Gasteiger partial charge in [0.05, 0.1) is 13.2 Å². The summed E-state index contributed by atoms with van der Waals surface area (Å²) < 4.78 is 86.4. The molecule has 2 aromatic carbocycles. The lowest BCUT2D eigenvalue weighted by Crippen LogP contribution is -2.58. The van der Waals surface area contributed by atoms with Crippen molar-refractivity contribution in [3.05, 3.63) is 95.6 Å². The van der Waals surface area contributed by atoms with Crippen LogP contribution in [0.2, 0.25) is 0 Å². The van der Waals surface area contributed by atoms with Crippen molar-refractivity contribution >= 4 is 29.4 Å². The van der Waals surface area contributed by atoms with Crippen LogP contribution >= 0.6 is 0 Å². The molecule has 0 saturated heterocycles. The first-order valence-electron chi connectivity index (χ1n) is 14.9. The number of ketones is 1. The van der Waals surface area contributed by atoms with Gasteiger partial charge in [0.25, 0.3) is 11.8 Å². The first kappa shape index (κ1) is 39.0. The van der Waals surface area contributed by atoms with Crippen LogP contribution in [0.5, 0.6) is 5.75 Å². The number of hydrogen-bond donors (Lipinski definition) is 4. The minimum absolute atomic E-state index is 0.0434. The number of hydrogen-bond acceptors (Lipinski definition) is 7. The molecule has 0 radical (unpaired) electrons. The Balaban J connectivity index is 1.95. The summed E-state index contributed by atoms with van der Waals surface area (Å²) in [7, 11) is 1.35. The number of halogens is 6. The molecule has 3 atom stereocenters. The van der Waals surface area contributed by atoms with Gasteiger partial charge < -0.3 is 26.0 Å². The summed E-state index contributed by atoms with van der Waals surface area (Å²) in [5.74, 6) is -14.2. The molecule has 0 saturated carbocycles. The van der Waals surface area contributed by atoms with Gasteiger partial charge in [-0.2, -0.15) is 22.0 Å². The van der Waals surface area contributed by atoms with E-state index in [1.807, 2.05) is 0 Å². The third-order valence-corrected chi connectivity index (χ3v) is 7.14. The number of pyridine rings is 1. The van der Waals surface area contributed by atoms with Gasteiger partial charge in [0.2, 0.25) is 17.6 Å². The van der Waals surface area contributed by atoms with Crippen molar-refractivity contribution in [3.63, 3.8) is 0 Å². The monoisotopic (exact) mass is 709 g/mol. The highest BCUT2D eigenvalue weighted by Crippen LogP contribution is 2.24. The van der Waals surface area contributed by atoms with Gasteiger partial charge in [-0.15, -0.1) is 0 Å². The quantitative estimate of drug-likeness (QED) is 0.139. The Kier molecular flexibility index (Phi) is 13.1. The average Bonchev–Trinajstić information content (AvgIpc) is 3.07. The first-order valence-corrected chi connectivity index (χ1v) is 14.9. The predicted molar refractivity (Wildman–Crippen MR) is 165 cm³/mol. The smallest absolute Gasteiger partial charge is 0.405 e. The number of aromatic nitrogens is 1. The van der Waals surface area contributed by atoms with Gasteiger partial charge in [-0.25, -0.2) is 4.39 Å². The topological polar surface area (TPSA) is 156 Å². The minimum Gasteiger partial charge on any atom is -0.497 e. The lowest BCUT2D eigenvalue weighted by Gasteiger charge is -2.28. The highest BCUT2D eigenvalue weighted by molar-refractivity contribution is 6.10. The number of Topliss-reactive ketones (excluding diaryl/α,β-unsaturated/α-hetero) is 1. The predicted octanol–water partition coefficient (Wildman–Crippen LogP) is 3.45. The van der Waals surface area contributed by atoms with E-state index in [0.29, 0.717) is 5.75 Å². The Morgan fingerprint density at radius 3 is 2.08 bits per heavy atom. The van der Waals surface area contributed by atoms with Crippen LogP contribution in [-0.4, -0.2) is 72.2 Å². The summed E-state index contributed by atoms with van der Waals surface area (Å²) in [6.45, 7) is 0.331. The molecule has 1 aromatic heterocycles. The average molecular weight is 710 g/mol. The number of benzene rings is 2. The largest absolute Gasteiger partial charge is 0.497 e. The fourth-order valence-corrected chi connectivity index (χ4v) is 4.55. The molecular formula is C33H33F6N5O6. The summed E-state index contributed by atoms with van der Waals surface area (Å²) in [5, 5.41) is 7.94. The van der Waals surface area contributed by atoms with Crippen LogP contribution in [0, 0.1) is 11.7 Å². The van der Waals surface area contributed by atoms with Crippen molar-refractivity contribution in [1.82, 2.24) is 26.3 Å². The van der Waals surface area contributed by atoms with Gasteiger partial charge in [0, 0.05) is 12.6 Å². The second kappa shape index (κ2) is 16.8. The van der Waals surface area contributed by atoms with Crippen molar-refractivity contribution in [3.8, 4) is 5.75 Å². The van der Waals surface area contributed by atoms with Crippen LogP contribution in [0.15, 0.2) is 72.9 Å². The van der Waals surface area contributed by atoms with E-state index in [9.17, 15) is 50.3 Å². The van der Waals surface area contributed by atoms with Crippen molar-refractivity contribution in [2.24, 2.45) is 5.92 Å². The SMILES string of the molecule is COc1ccc([C@H](NC(=O)[C@H](Cc2cccc(F)c2)NC(=O)c2ccccn2)C(=O)N[C@H](C(=O)C(F)(F)C(=O)NCC(F)(F)F)C(C)C)cc1. The number of nitrogens with one attached hydrogen (secondary N) is 4. The number of nitrogens with zero attached hydrogens (tertiary/aromatic N) is 1. The number of amides is 4. The Morgan fingerprint density at radius 2 is 1.52 bits per heavy atom. The number of carbonyl (C=O) groups is 5. The maximum Gasteiger partial charge on any atom is 0.405 e. The van der Waals surface area contributed by atoms with Crippen LogP contribution in [0.4, 0.5) is 26.3 Å². The lowest BCUT2D eigenvalue weighted by molar-refractivity contribution is -0.165. The summed E-state index contributed by atoms with van der Waals surface area (Å²) in [5.41, 5.74) is 0.239. The number of alkyl halides is 5. The van der Waals surface area contributed by atoms with Gasteiger partial charge in [-0.3, -0.25) is 29.0 Å². The number of methoxy groups -OCH3 is 1. The summed E-state index contributed by atoms with van der Waals surface area (Å²) in [6, 6.07) is 9.70. The molecule has 11 nitrogen and oxygen atoms in total. The van der Waals surface area contributed by atoms with Crippen molar-refractivity contribution in [1.29, 1.82) is 0 Å². The Hall–Kier alpha value is -5.48. The van der Waals surface area contributed by atoms with Crippen LogP contribution < -0.4 is 26.0 Å². The molecule has 0 aliphatic rings. The lowest BCUT2D eigenvalue weighted by atomic mass is 9.94. The highest BCUT2D eigenvalue weighted by Gasteiger charge is 2.52. The maximum absolute atomic E-state index is 14.8. The molecule has 17 heteroatoms. The van der Waals surface area contributed by atoms with Crippen molar-refractivity contribution < 1.29 is 55.1 Å². The van der Waals surface area contributed by atoms with Crippen molar-refractivity contribution in [2.75, 3.05) is 13.7 Å². The molecule has 3 rings (SSSR count). The molecule has 0 aliphatic heterocycles. The third kappa shape index (κ3) is 10.8. The number of ether oxygens (including phenoxy) is 1. The molecule has 50 heavy (non-hydrogen) atoms. The molecular weight excluding hydrogens is 676 g/mol. The first-order chi connectivity index (χ1) is 23.4. The fourth-order valence-electron chi connectivity index (χ4n) is 4.55. The normalized spacial score (nSPS) is 13.4. The summed E-state index contributed by atoms with van der Waals surface area (Å²) in [4.78, 5) is 69.3. The van der Waals surface area contributed by atoms with Gasteiger partial charge >= 0.3 is 12.1 Å². The van der Waals surface area contributed by atoms with E-state index in [2.05, 4.69) is 20.9 Å². The molecule has 0 unspecified atom stereocenters. The molecule has 0 spiro atoms. The number of carbonyl (C=O) groups excluding carboxylic acids is 5. The summed E-state index contributed by atoms with van der Waals surface area (Å²) >= 11 is 0. The van der Waals surface area contributed by atoms with E-state index in [4.69, 9.17) is 4.74 Å². The van der Waals surface area contributed by atoms with Gasteiger partial charge in [0.1, 0.15) is 35.9 Å². The van der Waals surface area contributed by atoms with Crippen LogP contribution in [0.25, 0.3) is 0 Å². The standard InChI is InChI=1S/C33H33F6N5O6/c1-18(2)25(27(45)33(38,39)31(49)41-17-32(35,36)37)43-30(48)26(20-10-12-22(50-3)13-11-20)44-29(47)24(16-19-7-6-8-21(34)15-19)42-28(46)23-9-4-5-14-40-23/h4-15,18,24-26H,16-17H2,1-3H3,(H,41,49)(H,42,46)(H,43,48)(H,44,47)/t24-,25-,26-/m0/s1. The molecule has 268 valence electrons. The minimum atomic E-state index is -5.05. The van der Waals surface area contributed by atoms with Gasteiger partial charge in [-0.1, -0.05) is 44.2 Å². The fraction of sp³-hybridized carbons (Fsp3) is 0.333.